The number of pyridine rings is 1. The minimum atomic E-state index is -0.727. The molecule has 7 nitrogen and oxygen atoms in total. The first kappa shape index (κ1) is 22.1. The lowest BCUT2D eigenvalue weighted by molar-refractivity contribution is -0.0138. The van der Waals surface area contributed by atoms with E-state index in [0.717, 1.165) is 29.3 Å². The molecule has 2 aromatic heterocycles. The molecule has 1 saturated heterocycles. The van der Waals surface area contributed by atoms with Gasteiger partial charge in [0.25, 0.3) is 0 Å². The van der Waals surface area contributed by atoms with Crippen molar-refractivity contribution >= 4 is 34.2 Å². The fraction of sp³-hybridized carbons (Fsp3) is 0.375. The number of H-pyrrole nitrogens is 1. The van der Waals surface area contributed by atoms with Gasteiger partial charge in [-0.1, -0.05) is 31.4 Å². The number of halogens is 1. The predicted octanol–water partition coefficient (Wildman–Crippen LogP) is 4.60. The van der Waals surface area contributed by atoms with Gasteiger partial charge < -0.3 is 15.3 Å². The molecule has 0 radical (unpaired) electrons. The number of carbonyl (C=O) groups excluding carboxylic acids is 1. The molecule has 166 valence electrons. The van der Waals surface area contributed by atoms with Crippen LogP contribution in [-0.2, 0) is 0 Å². The third kappa shape index (κ3) is 4.29. The summed E-state index contributed by atoms with van der Waals surface area (Å²) in [6.07, 6.45) is 9.43. The van der Waals surface area contributed by atoms with Crippen LogP contribution in [0.15, 0.2) is 36.7 Å². The zero-order valence-electron chi connectivity index (χ0n) is 18.1. The van der Waals surface area contributed by atoms with Gasteiger partial charge in [-0.05, 0) is 48.4 Å². The fourth-order valence-corrected chi connectivity index (χ4v) is 4.70. The third-order valence-electron chi connectivity index (χ3n) is 6.54. The number of likely N-dealkylation sites (tertiary alicyclic amines) is 1. The maximum atomic E-state index is 12.7. The molecule has 1 atom stereocenters. The third-order valence-corrected chi connectivity index (χ3v) is 6.76. The van der Waals surface area contributed by atoms with Gasteiger partial charge in [0.05, 0.1) is 29.7 Å². The molecule has 1 fully saturated rings. The zero-order chi connectivity index (χ0) is 22.9. The van der Waals surface area contributed by atoms with Gasteiger partial charge in [-0.25, -0.2) is 9.78 Å². The molecule has 8 heteroatoms. The summed E-state index contributed by atoms with van der Waals surface area (Å²) >= 11 is 6.28. The van der Waals surface area contributed by atoms with Gasteiger partial charge in [-0.3, -0.25) is 5.10 Å². The molecule has 0 spiro atoms. The lowest BCUT2D eigenvalue weighted by Crippen LogP contribution is -2.45. The molecule has 1 aliphatic heterocycles. The van der Waals surface area contributed by atoms with Gasteiger partial charge in [0.1, 0.15) is 5.69 Å². The molecule has 0 bridgehead atoms. The number of benzene rings is 1. The standard InChI is InChI=1S/C24H26ClN5O2/c1-4-18-5-6-19(14-26-18)28-23(32)30-9-7-16(8-10-30)24(2,3)22(31)20-12-17(25)11-15-13-27-29-21(15)20/h1,5-6,11-14,16,22,31H,7-10H2,2-3H3,(H,27,29)(H,28,32). The van der Waals surface area contributed by atoms with Gasteiger partial charge in [0.2, 0.25) is 0 Å². The summed E-state index contributed by atoms with van der Waals surface area (Å²) in [5.74, 6) is 2.69. The van der Waals surface area contributed by atoms with E-state index >= 15 is 0 Å². The van der Waals surface area contributed by atoms with Crippen molar-refractivity contribution in [3.05, 3.63) is 52.9 Å². The first-order valence-corrected chi connectivity index (χ1v) is 11.0. The number of aromatic nitrogens is 3. The molecular weight excluding hydrogens is 426 g/mol. The summed E-state index contributed by atoms with van der Waals surface area (Å²) in [4.78, 5) is 18.6. The highest BCUT2D eigenvalue weighted by atomic mass is 35.5. The monoisotopic (exact) mass is 451 g/mol. The fourth-order valence-electron chi connectivity index (χ4n) is 4.47. The van der Waals surface area contributed by atoms with Crippen LogP contribution in [0.5, 0.6) is 0 Å². The van der Waals surface area contributed by atoms with Crippen molar-refractivity contribution in [3.63, 3.8) is 0 Å². The van der Waals surface area contributed by atoms with E-state index in [9.17, 15) is 9.90 Å². The number of fused-ring (bicyclic) bond motifs is 1. The number of hydrogen-bond acceptors (Lipinski definition) is 4. The number of aliphatic hydroxyl groups excluding tert-OH is 1. The molecule has 3 heterocycles. The Hall–Kier alpha value is -3.08. The van der Waals surface area contributed by atoms with Gasteiger partial charge in [-0.2, -0.15) is 5.10 Å². The number of carbonyl (C=O) groups is 1. The van der Waals surface area contributed by atoms with E-state index in [1.54, 1.807) is 35.5 Å². The van der Waals surface area contributed by atoms with Gasteiger partial charge in [0.15, 0.2) is 0 Å². The van der Waals surface area contributed by atoms with E-state index in [2.05, 4.69) is 40.3 Å². The quantitative estimate of drug-likeness (QED) is 0.505. The maximum absolute atomic E-state index is 12.7. The molecule has 0 aliphatic carbocycles. The van der Waals surface area contributed by atoms with Crippen LogP contribution in [0, 0.1) is 23.7 Å². The van der Waals surface area contributed by atoms with Crippen molar-refractivity contribution in [1.82, 2.24) is 20.1 Å². The van der Waals surface area contributed by atoms with Crippen molar-refractivity contribution in [3.8, 4) is 12.3 Å². The molecule has 3 aromatic rings. The minimum absolute atomic E-state index is 0.161. The van der Waals surface area contributed by atoms with E-state index in [1.807, 2.05) is 6.07 Å². The molecule has 1 unspecified atom stereocenters. The van der Waals surface area contributed by atoms with Gasteiger partial charge in [-0.15, -0.1) is 6.42 Å². The highest BCUT2D eigenvalue weighted by Gasteiger charge is 2.40. The Morgan fingerprint density at radius 1 is 1.34 bits per heavy atom. The number of hydrogen-bond donors (Lipinski definition) is 3. The Balaban J connectivity index is 1.41. The summed E-state index contributed by atoms with van der Waals surface area (Å²) in [6, 6.07) is 6.91. The molecule has 2 amide bonds. The second-order valence-corrected chi connectivity index (χ2v) is 9.26. The van der Waals surface area contributed by atoms with Gasteiger partial charge >= 0.3 is 6.03 Å². The summed E-state index contributed by atoms with van der Waals surface area (Å²) in [5, 5.41) is 22.7. The van der Waals surface area contributed by atoms with E-state index in [4.69, 9.17) is 18.0 Å². The van der Waals surface area contributed by atoms with Crippen LogP contribution in [0.1, 0.15) is 44.1 Å². The molecule has 4 rings (SSSR count). The highest BCUT2D eigenvalue weighted by Crippen LogP contribution is 2.46. The van der Waals surface area contributed by atoms with Crippen LogP contribution in [0.25, 0.3) is 10.9 Å². The van der Waals surface area contributed by atoms with Crippen LogP contribution < -0.4 is 5.32 Å². The smallest absolute Gasteiger partial charge is 0.321 e. The first-order chi connectivity index (χ1) is 15.3. The zero-order valence-corrected chi connectivity index (χ0v) is 18.9. The van der Waals surface area contributed by atoms with Gasteiger partial charge in [0, 0.05) is 29.1 Å². The van der Waals surface area contributed by atoms with Crippen molar-refractivity contribution in [1.29, 1.82) is 0 Å². The molecular formula is C24H26ClN5O2. The number of anilines is 1. The molecule has 32 heavy (non-hydrogen) atoms. The molecule has 1 aromatic carbocycles. The van der Waals surface area contributed by atoms with Crippen LogP contribution in [0.4, 0.5) is 10.5 Å². The number of terminal acetylenes is 1. The van der Waals surface area contributed by atoms with E-state index < -0.39 is 11.5 Å². The van der Waals surface area contributed by atoms with Crippen LogP contribution in [0.3, 0.4) is 0 Å². The normalized spacial score (nSPS) is 16.0. The number of piperidine rings is 1. The van der Waals surface area contributed by atoms with Crippen molar-refractivity contribution in [2.45, 2.75) is 32.8 Å². The number of nitrogens with one attached hydrogen (secondary N) is 2. The average molecular weight is 452 g/mol. The number of nitrogens with zero attached hydrogens (tertiary/aromatic N) is 3. The Labute approximate surface area is 192 Å². The summed E-state index contributed by atoms with van der Waals surface area (Å²) in [6.45, 7) is 5.36. The van der Waals surface area contributed by atoms with Crippen LogP contribution in [-0.4, -0.2) is 44.3 Å². The summed E-state index contributed by atoms with van der Waals surface area (Å²) < 4.78 is 0. The molecule has 3 N–H and O–H groups in total. The first-order valence-electron chi connectivity index (χ1n) is 10.6. The topological polar surface area (TPSA) is 94.1 Å². The summed E-state index contributed by atoms with van der Waals surface area (Å²) in [7, 11) is 0. The Morgan fingerprint density at radius 3 is 2.75 bits per heavy atom. The number of rotatable bonds is 4. The van der Waals surface area contributed by atoms with Crippen molar-refractivity contribution in [2.24, 2.45) is 11.3 Å². The minimum Gasteiger partial charge on any atom is -0.388 e. The van der Waals surface area contributed by atoms with Crippen LogP contribution >= 0.6 is 11.6 Å². The summed E-state index contributed by atoms with van der Waals surface area (Å²) in [5.41, 5.74) is 2.27. The average Bonchev–Trinajstić information content (AvgIpc) is 3.27. The lowest BCUT2D eigenvalue weighted by Gasteiger charge is -2.43. The predicted molar refractivity (Wildman–Crippen MR) is 125 cm³/mol. The van der Waals surface area contributed by atoms with E-state index in [0.29, 0.717) is 29.5 Å². The Morgan fingerprint density at radius 2 is 2.09 bits per heavy atom. The number of aliphatic hydroxyl groups is 1. The van der Waals surface area contributed by atoms with E-state index in [1.165, 1.54) is 0 Å². The van der Waals surface area contributed by atoms with Crippen LogP contribution in [0.2, 0.25) is 5.02 Å². The number of urea groups is 1. The lowest BCUT2D eigenvalue weighted by atomic mass is 9.68. The highest BCUT2D eigenvalue weighted by molar-refractivity contribution is 6.31. The SMILES string of the molecule is C#Cc1ccc(NC(=O)N2CCC(C(C)(C)C(O)c3cc(Cl)cc4cn[nH]c34)CC2)cn1. The largest absolute Gasteiger partial charge is 0.388 e. The molecule has 1 aliphatic rings. The maximum Gasteiger partial charge on any atom is 0.321 e. The Kier molecular flexibility index (Phi) is 6.09. The Bertz CT molecular complexity index is 1160. The molecule has 0 saturated carbocycles. The van der Waals surface area contributed by atoms with Crippen molar-refractivity contribution in [2.75, 3.05) is 18.4 Å². The number of aromatic amines is 1. The number of amides is 2. The van der Waals surface area contributed by atoms with Crippen molar-refractivity contribution < 1.29 is 9.90 Å². The second kappa shape index (κ2) is 8.81. The van der Waals surface area contributed by atoms with E-state index in [-0.39, 0.29) is 11.9 Å². The second-order valence-electron chi connectivity index (χ2n) is 8.82.